The second-order valence-electron chi connectivity index (χ2n) is 6.24. The molecule has 0 aromatic heterocycles. The smallest absolute Gasteiger partial charge is 0.123 e. The highest BCUT2D eigenvalue weighted by Crippen LogP contribution is 2.35. The van der Waals surface area contributed by atoms with Crippen molar-refractivity contribution in [3.8, 4) is 5.75 Å². The Morgan fingerprint density at radius 1 is 1.32 bits per heavy atom. The Morgan fingerprint density at radius 3 is 2.76 bits per heavy atom. The quantitative estimate of drug-likeness (QED) is 0.853. The maximum absolute atomic E-state index is 13.2. The Bertz CT molecular complexity index is 709. The van der Waals surface area contributed by atoms with Gasteiger partial charge in [-0.05, 0) is 36.8 Å². The van der Waals surface area contributed by atoms with Crippen molar-refractivity contribution in [2.24, 2.45) is 0 Å². The van der Waals surface area contributed by atoms with Crippen LogP contribution < -0.4 is 15.0 Å². The number of aliphatic hydroxyl groups is 1. The van der Waals surface area contributed by atoms with Crippen molar-refractivity contribution < 1.29 is 14.2 Å². The summed E-state index contributed by atoms with van der Waals surface area (Å²) in [5, 5.41) is 13.3. The predicted molar refractivity (Wildman–Crippen MR) is 98.0 cm³/mol. The lowest BCUT2D eigenvalue weighted by atomic mass is 10.0. The minimum Gasteiger partial charge on any atom is -0.491 e. The van der Waals surface area contributed by atoms with Crippen molar-refractivity contribution in [2.75, 3.05) is 31.1 Å². The molecule has 2 atom stereocenters. The van der Waals surface area contributed by atoms with Crippen molar-refractivity contribution in [1.82, 2.24) is 5.32 Å². The van der Waals surface area contributed by atoms with Crippen LogP contribution in [0.25, 0.3) is 0 Å². The third-order valence-electron chi connectivity index (χ3n) is 4.22. The average molecular weight is 365 g/mol. The van der Waals surface area contributed by atoms with Crippen LogP contribution in [0.2, 0.25) is 5.02 Å². The van der Waals surface area contributed by atoms with Gasteiger partial charge in [-0.2, -0.15) is 0 Å². The number of anilines is 1. The molecule has 0 radical (unpaired) electrons. The van der Waals surface area contributed by atoms with E-state index in [4.69, 9.17) is 16.3 Å². The minimum absolute atomic E-state index is 0.0797. The molecule has 0 bridgehead atoms. The van der Waals surface area contributed by atoms with E-state index in [0.29, 0.717) is 10.8 Å². The van der Waals surface area contributed by atoms with Crippen molar-refractivity contribution in [1.29, 1.82) is 0 Å². The maximum Gasteiger partial charge on any atom is 0.123 e. The molecule has 0 aliphatic carbocycles. The zero-order chi connectivity index (χ0) is 17.8. The topological polar surface area (TPSA) is 44.7 Å². The molecule has 0 unspecified atom stereocenters. The standard InChI is InChI=1S/C19H22ClFN2O2/c1-13(24)12-25-16-6-7-18(17(20)10-16)23-9-8-22-11-19(23)14-2-4-15(21)5-3-14/h2-7,10,13,19,22,24H,8-9,11-12H2,1H3/t13-,19-/m0/s1. The van der Waals surface area contributed by atoms with Gasteiger partial charge in [-0.3, -0.25) is 0 Å². The third-order valence-corrected chi connectivity index (χ3v) is 4.52. The first-order chi connectivity index (χ1) is 12.0. The second kappa shape index (κ2) is 8.04. The number of piperazine rings is 1. The normalized spacial score (nSPS) is 18.9. The van der Waals surface area contributed by atoms with Gasteiger partial charge < -0.3 is 20.1 Å². The Labute approximate surface area is 152 Å². The largest absolute Gasteiger partial charge is 0.491 e. The summed E-state index contributed by atoms with van der Waals surface area (Å²) in [5.41, 5.74) is 1.96. The van der Waals surface area contributed by atoms with Gasteiger partial charge in [0.25, 0.3) is 0 Å². The van der Waals surface area contributed by atoms with Gasteiger partial charge in [0, 0.05) is 25.7 Å². The molecule has 2 aromatic rings. The Kier molecular flexibility index (Phi) is 5.78. The molecule has 25 heavy (non-hydrogen) atoms. The summed E-state index contributed by atoms with van der Waals surface area (Å²) in [4.78, 5) is 2.23. The molecule has 1 aliphatic rings. The highest BCUT2D eigenvalue weighted by molar-refractivity contribution is 6.33. The van der Waals surface area contributed by atoms with E-state index in [1.807, 2.05) is 24.3 Å². The lowest BCUT2D eigenvalue weighted by Crippen LogP contribution is -2.46. The highest BCUT2D eigenvalue weighted by atomic mass is 35.5. The van der Waals surface area contributed by atoms with Gasteiger partial charge in [0.1, 0.15) is 18.2 Å². The third kappa shape index (κ3) is 4.42. The molecule has 1 fully saturated rings. The average Bonchev–Trinajstić information content (AvgIpc) is 2.61. The number of aliphatic hydroxyl groups excluding tert-OH is 1. The number of nitrogens with one attached hydrogen (secondary N) is 1. The molecule has 0 spiro atoms. The number of benzene rings is 2. The first-order valence-corrected chi connectivity index (χ1v) is 8.75. The molecule has 3 rings (SSSR count). The summed E-state index contributed by atoms with van der Waals surface area (Å²) in [6.07, 6.45) is -0.533. The summed E-state index contributed by atoms with van der Waals surface area (Å²) in [7, 11) is 0. The SMILES string of the molecule is C[C@H](O)COc1ccc(N2CCNC[C@H]2c2ccc(F)cc2)c(Cl)c1. The molecule has 134 valence electrons. The fourth-order valence-electron chi connectivity index (χ4n) is 3.00. The van der Waals surface area contributed by atoms with E-state index >= 15 is 0 Å². The number of hydrogen-bond donors (Lipinski definition) is 2. The van der Waals surface area contributed by atoms with Gasteiger partial charge in [-0.25, -0.2) is 4.39 Å². The van der Waals surface area contributed by atoms with Crippen LogP contribution in [0.5, 0.6) is 5.75 Å². The lowest BCUT2D eigenvalue weighted by Gasteiger charge is -2.38. The van der Waals surface area contributed by atoms with Gasteiger partial charge in [-0.1, -0.05) is 23.7 Å². The molecule has 0 saturated carbocycles. The number of ether oxygens (including phenoxy) is 1. The zero-order valence-corrected chi connectivity index (χ0v) is 14.8. The summed E-state index contributed by atoms with van der Waals surface area (Å²) in [5.74, 6) is 0.389. The Balaban J connectivity index is 1.83. The van der Waals surface area contributed by atoms with Crippen LogP contribution in [0, 0.1) is 5.82 Å². The molecular weight excluding hydrogens is 343 g/mol. The predicted octanol–water partition coefficient (Wildman–Crippen LogP) is 3.39. The molecule has 0 amide bonds. The highest BCUT2D eigenvalue weighted by Gasteiger charge is 2.25. The van der Waals surface area contributed by atoms with Gasteiger partial charge >= 0.3 is 0 Å². The van der Waals surface area contributed by atoms with E-state index < -0.39 is 6.10 Å². The molecule has 1 heterocycles. The van der Waals surface area contributed by atoms with Crippen molar-refractivity contribution in [3.63, 3.8) is 0 Å². The fourth-order valence-corrected chi connectivity index (χ4v) is 3.28. The number of halogens is 2. The summed E-state index contributed by atoms with van der Waals surface area (Å²) in [6.45, 7) is 4.32. The van der Waals surface area contributed by atoms with Crippen LogP contribution in [-0.2, 0) is 0 Å². The van der Waals surface area contributed by atoms with E-state index in [-0.39, 0.29) is 18.5 Å². The van der Waals surface area contributed by atoms with Gasteiger partial charge in [0.2, 0.25) is 0 Å². The van der Waals surface area contributed by atoms with Crippen LogP contribution in [0.3, 0.4) is 0 Å². The molecule has 4 nitrogen and oxygen atoms in total. The number of rotatable bonds is 5. The van der Waals surface area contributed by atoms with E-state index in [1.165, 1.54) is 12.1 Å². The minimum atomic E-state index is -0.533. The molecule has 1 saturated heterocycles. The number of hydrogen-bond acceptors (Lipinski definition) is 4. The Hall–Kier alpha value is -1.82. The number of nitrogens with zero attached hydrogens (tertiary/aromatic N) is 1. The van der Waals surface area contributed by atoms with Crippen LogP contribution in [0.1, 0.15) is 18.5 Å². The maximum atomic E-state index is 13.2. The first-order valence-electron chi connectivity index (χ1n) is 8.38. The summed E-state index contributed by atoms with van der Waals surface area (Å²) in [6, 6.07) is 12.2. The van der Waals surface area contributed by atoms with Crippen molar-refractivity contribution in [2.45, 2.75) is 19.1 Å². The zero-order valence-electron chi connectivity index (χ0n) is 14.1. The summed E-state index contributed by atoms with van der Waals surface area (Å²) < 4.78 is 18.7. The lowest BCUT2D eigenvalue weighted by molar-refractivity contribution is 0.123. The van der Waals surface area contributed by atoms with Crippen LogP contribution >= 0.6 is 11.6 Å². The van der Waals surface area contributed by atoms with Crippen LogP contribution in [0.15, 0.2) is 42.5 Å². The van der Waals surface area contributed by atoms with Crippen molar-refractivity contribution >= 4 is 17.3 Å². The fraction of sp³-hybridized carbons (Fsp3) is 0.368. The van der Waals surface area contributed by atoms with Crippen LogP contribution in [0.4, 0.5) is 10.1 Å². The molecule has 2 aromatic carbocycles. The first kappa shape index (κ1) is 18.0. The molecular formula is C19H22ClFN2O2. The monoisotopic (exact) mass is 364 g/mol. The molecule has 2 N–H and O–H groups in total. The van der Waals surface area contributed by atoms with Gasteiger partial charge in [-0.15, -0.1) is 0 Å². The van der Waals surface area contributed by atoms with Gasteiger partial charge in [0.05, 0.1) is 22.9 Å². The van der Waals surface area contributed by atoms with E-state index in [0.717, 1.165) is 30.9 Å². The molecule has 1 aliphatic heterocycles. The van der Waals surface area contributed by atoms with Crippen molar-refractivity contribution in [3.05, 3.63) is 58.9 Å². The van der Waals surface area contributed by atoms with E-state index in [1.54, 1.807) is 13.0 Å². The Morgan fingerprint density at radius 2 is 2.08 bits per heavy atom. The molecule has 6 heteroatoms. The van der Waals surface area contributed by atoms with E-state index in [2.05, 4.69) is 10.2 Å². The second-order valence-corrected chi connectivity index (χ2v) is 6.65. The van der Waals surface area contributed by atoms with Crippen LogP contribution in [-0.4, -0.2) is 37.5 Å². The summed E-state index contributed by atoms with van der Waals surface area (Å²) >= 11 is 6.49. The van der Waals surface area contributed by atoms with E-state index in [9.17, 15) is 9.50 Å². The van der Waals surface area contributed by atoms with Gasteiger partial charge in [0.15, 0.2) is 0 Å².